The summed E-state index contributed by atoms with van der Waals surface area (Å²) in [5.41, 5.74) is -1.74. The molecule has 1 aliphatic heterocycles. The lowest BCUT2D eigenvalue weighted by Crippen LogP contribution is -2.45. The van der Waals surface area contributed by atoms with E-state index in [9.17, 15) is 9.59 Å². The molecule has 0 aromatic rings. The summed E-state index contributed by atoms with van der Waals surface area (Å²) in [6.45, 7) is 9.15. The van der Waals surface area contributed by atoms with Gasteiger partial charge in [0.25, 0.3) is 0 Å². The van der Waals surface area contributed by atoms with E-state index in [-0.39, 0.29) is 0 Å². The van der Waals surface area contributed by atoms with Crippen LogP contribution in [0.5, 0.6) is 0 Å². The molecule has 1 fully saturated rings. The lowest BCUT2D eigenvalue weighted by molar-refractivity contribution is -0.160. The average Bonchev–Trinajstić information content (AvgIpc) is 2.40. The van der Waals surface area contributed by atoms with E-state index in [1.807, 2.05) is 0 Å². The molecule has 0 spiro atoms. The summed E-state index contributed by atoms with van der Waals surface area (Å²) in [6, 6.07) is -1.70. The van der Waals surface area contributed by atoms with Gasteiger partial charge in [0.2, 0.25) is 0 Å². The number of hydrogen-bond donors (Lipinski definition) is 0. The van der Waals surface area contributed by atoms with Gasteiger partial charge in [0.1, 0.15) is 17.2 Å². The maximum Gasteiger partial charge on any atom is 0.411 e. The molecule has 1 amide bonds. The molecule has 0 radical (unpaired) electrons. The fourth-order valence-electron chi connectivity index (χ4n) is 1.43. The molecule has 0 saturated carbocycles. The van der Waals surface area contributed by atoms with Crippen molar-refractivity contribution >= 4 is 12.1 Å². The van der Waals surface area contributed by atoms with E-state index in [4.69, 9.17) is 15.0 Å². The summed E-state index contributed by atoms with van der Waals surface area (Å²) in [6.07, 6.45) is -5.93. The van der Waals surface area contributed by atoms with Crippen LogP contribution in [-0.2, 0) is 14.3 Å². The fraction of sp³-hybridized carbons (Fsp3) is 0.857. The van der Waals surface area contributed by atoms with Gasteiger partial charge in [-0.1, -0.05) is 0 Å². The second kappa shape index (κ2) is 5.39. The molecule has 1 aliphatic rings. The number of likely N-dealkylation sites (tertiary alicyclic amines) is 1. The molecule has 5 heteroatoms. The smallest absolute Gasteiger partial charge is 0.411 e. The van der Waals surface area contributed by atoms with Crippen molar-refractivity contribution in [2.75, 3.05) is 6.54 Å². The summed E-state index contributed by atoms with van der Waals surface area (Å²) in [5, 5.41) is 0. The van der Waals surface area contributed by atoms with Crippen LogP contribution < -0.4 is 0 Å². The molecule has 0 aliphatic carbocycles. The van der Waals surface area contributed by atoms with Gasteiger partial charge in [0.15, 0.2) is 0 Å². The maximum absolute atomic E-state index is 12.4. The molecule has 0 aromatic heterocycles. The van der Waals surface area contributed by atoms with Gasteiger partial charge in [0.05, 0.1) is 0 Å². The first-order chi connectivity index (χ1) is 9.98. The highest BCUT2D eigenvalue weighted by Crippen LogP contribution is 2.23. The normalized spacial score (nSPS) is 28.7. The molecule has 0 unspecified atom stereocenters. The highest BCUT2D eigenvalue weighted by Gasteiger charge is 2.38. The van der Waals surface area contributed by atoms with Gasteiger partial charge >= 0.3 is 12.1 Å². The van der Waals surface area contributed by atoms with Gasteiger partial charge in [-0.05, 0) is 54.3 Å². The summed E-state index contributed by atoms with van der Waals surface area (Å²) in [7, 11) is 0. The third-order valence-electron chi connectivity index (χ3n) is 2.06. The van der Waals surface area contributed by atoms with Gasteiger partial charge in [-0.2, -0.15) is 0 Å². The molecule has 110 valence electrons. The molecule has 0 N–H and O–H groups in total. The highest BCUT2D eigenvalue weighted by molar-refractivity contribution is 5.82. The minimum Gasteiger partial charge on any atom is -0.458 e. The van der Waals surface area contributed by atoms with Crippen molar-refractivity contribution in [3.05, 3.63) is 0 Å². The Morgan fingerprint density at radius 1 is 1.11 bits per heavy atom. The zero-order valence-corrected chi connectivity index (χ0v) is 12.4. The van der Waals surface area contributed by atoms with Crippen molar-refractivity contribution < 1.29 is 24.5 Å². The lowest BCUT2D eigenvalue weighted by Gasteiger charge is -2.29. The topological polar surface area (TPSA) is 55.8 Å². The predicted octanol–water partition coefficient (Wildman–Crippen LogP) is 2.73. The monoisotopic (exact) mass is 275 g/mol. The van der Waals surface area contributed by atoms with Crippen molar-refractivity contribution in [2.45, 2.75) is 71.5 Å². The van der Waals surface area contributed by atoms with E-state index in [0.29, 0.717) is 0 Å². The summed E-state index contributed by atoms with van der Waals surface area (Å²) in [4.78, 5) is 25.4. The van der Waals surface area contributed by atoms with E-state index in [0.717, 1.165) is 4.90 Å². The second-order valence-corrected chi connectivity index (χ2v) is 6.37. The number of carbonyl (C=O) groups is 2. The Morgan fingerprint density at radius 2 is 1.63 bits per heavy atom. The highest BCUT2D eigenvalue weighted by atomic mass is 16.6. The van der Waals surface area contributed by atoms with Gasteiger partial charge in [0, 0.05) is 12.0 Å². The third-order valence-corrected chi connectivity index (χ3v) is 2.06. The fourth-order valence-corrected chi connectivity index (χ4v) is 1.43. The van der Waals surface area contributed by atoms with Crippen LogP contribution in [0.15, 0.2) is 0 Å². The van der Waals surface area contributed by atoms with Gasteiger partial charge in [-0.15, -0.1) is 0 Å². The van der Waals surface area contributed by atoms with Crippen LogP contribution >= 0.6 is 0 Å². The predicted molar refractivity (Wildman–Crippen MR) is 71.8 cm³/mol. The van der Waals surface area contributed by atoms with Crippen LogP contribution in [-0.4, -0.2) is 40.8 Å². The SMILES string of the molecule is [2H]C1([2H])CN(C(=O)OC(C)(C)C)[C@H](C(=O)OC(C)(C)C)C1([2H])[2H]. The number of amides is 1. The third kappa shape index (κ3) is 5.09. The molecule has 0 aromatic carbocycles. The quantitative estimate of drug-likeness (QED) is 0.690. The molecule has 1 saturated heterocycles. The Labute approximate surface area is 120 Å². The van der Waals surface area contributed by atoms with Gasteiger partial charge in [-0.3, -0.25) is 4.90 Å². The van der Waals surface area contributed by atoms with Crippen LogP contribution in [0, 0.1) is 0 Å². The molecule has 1 rings (SSSR count). The molecule has 0 bridgehead atoms. The van der Waals surface area contributed by atoms with Crippen molar-refractivity contribution in [3.8, 4) is 0 Å². The van der Waals surface area contributed by atoms with E-state index < -0.39 is 48.6 Å². The summed E-state index contributed by atoms with van der Waals surface area (Å²) < 4.78 is 42.0. The van der Waals surface area contributed by atoms with Crippen molar-refractivity contribution in [1.82, 2.24) is 4.90 Å². The standard InChI is InChI=1S/C14H25NO4/c1-13(2,3)18-11(16)10-8-7-9-15(10)12(17)19-14(4,5)6/h10H,7-9H2,1-6H3/t10-/m0/s1/i7D2,8D2. The zero-order chi connectivity index (χ0) is 18.4. The largest absolute Gasteiger partial charge is 0.458 e. The zero-order valence-electron chi connectivity index (χ0n) is 16.4. The number of hydrogen-bond acceptors (Lipinski definition) is 4. The van der Waals surface area contributed by atoms with E-state index >= 15 is 0 Å². The van der Waals surface area contributed by atoms with Crippen LogP contribution in [0.1, 0.15) is 59.8 Å². The Balaban J connectivity index is 3.17. The van der Waals surface area contributed by atoms with Crippen LogP contribution in [0.25, 0.3) is 0 Å². The van der Waals surface area contributed by atoms with Crippen LogP contribution in [0.4, 0.5) is 4.79 Å². The first kappa shape index (κ1) is 10.5. The van der Waals surface area contributed by atoms with Gasteiger partial charge in [-0.25, -0.2) is 9.59 Å². The molecule has 19 heavy (non-hydrogen) atoms. The molecule has 1 heterocycles. The number of nitrogens with zero attached hydrogens (tertiary/aromatic N) is 1. The van der Waals surface area contributed by atoms with Crippen LogP contribution in [0.3, 0.4) is 0 Å². The Bertz CT molecular complexity index is 494. The van der Waals surface area contributed by atoms with Gasteiger partial charge < -0.3 is 9.47 Å². The van der Waals surface area contributed by atoms with Crippen LogP contribution in [0.2, 0.25) is 0 Å². The number of ether oxygens (including phenoxy) is 2. The molecular formula is C14H25NO4. The Kier molecular flexibility index (Phi) is 2.98. The van der Waals surface area contributed by atoms with E-state index in [1.165, 1.54) is 0 Å². The maximum atomic E-state index is 12.4. The minimum absolute atomic E-state index is 0.585. The van der Waals surface area contributed by atoms with E-state index in [2.05, 4.69) is 0 Å². The first-order valence-electron chi connectivity index (χ1n) is 8.20. The second-order valence-electron chi connectivity index (χ2n) is 6.37. The van der Waals surface area contributed by atoms with Crippen molar-refractivity contribution in [2.24, 2.45) is 0 Å². The Morgan fingerprint density at radius 3 is 2.11 bits per heavy atom. The molecule has 1 atom stereocenters. The first-order valence-corrected chi connectivity index (χ1v) is 6.20. The minimum atomic E-state index is -2.59. The number of rotatable bonds is 1. The summed E-state index contributed by atoms with van der Waals surface area (Å²) in [5.74, 6) is -0.991. The summed E-state index contributed by atoms with van der Waals surface area (Å²) >= 11 is 0. The van der Waals surface area contributed by atoms with E-state index in [1.54, 1.807) is 41.5 Å². The van der Waals surface area contributed by atoms with Crippen molar-refractivity contribution in [3.63, 3.8) is 0 Å². The lowest BCUT2D eigenvalue weighted by atomic mass is 10.1. The Hall–Kier alpha value is -1.26. The van der Waals surface area contributed by atoms with Crippen molar-refractivity contribution in [1.29, 1.82) is 0 Å². The number of esters is 1. The molecular weight excluding hydrogens is 246 g/mol. The average molecular weight is 275 g/mol. The number of carbonyl (C=O) groups excluding carboxylic acids is 2. The molecule has 5 nitrogen and oxygen atoms in total.